The SMILES string of the molecule is COC(=O)/C=C1C(c2ccccc2)=C(C(=O)OC)C\1=C(\OC(=O)c1ccccc1)c1ccccc1. The Bertz CT molecular complexity index is 1350. The van der Waals surface area contributed by atoms with Crippen molar-refractivity contribution in [3.63, 3.8) is 0 Å². The highest BCUT2D eigenvalue weighted by Gasteiger charge is 2.40. The van der Waals surface area contributed by atoms with Crippen LogP contribution in [0.5, 0.6) is 0 Å². The van der Waals surface area contributed by atoms with Crippen molar-refractivity contribution < 1.29 is 28.6 Å². The zero-order chi connectivity index (χ0) is 24.8. The van der Waals surface area contributed by atoms with Crippen LogP contribution in [0.25, 0.3) is 11.3 Å². The van der Waals surface area contributed by atoms with Crippen molar-refractivity contribution in [2.45, 2.75) is 0 Å². The van der Waals surface area contributed by atoms with Gasteiger partial charge in [-0.05, 0) is 17.7 Å². The van der Waals surface area contributed by atoms with E-state index >= 15 is 0 Å². The molecule has 35 heavy (non-hydrogen) atoms. The number of hydrogen-bond acceptors (Lipinski definition) is 6. The molecule has 3 aromatic rings. The zero-order valence-electron chi connectivity index (χ0n) is 19.2. The Morgan fingerprint density at radius 3 is 1.74 bits per heavy atom. The van der Waals surface area contributed by atoms with Crippen LogP contribution >= 0.6 is 0 Å². The summed E-state index contributed by atoms with van der Waals surface area (Å²) in [5, 5.41) is 0. The minimum absolute atomic E-state index is 0.134. The first kappa shape index (κ1) is 23.4. The molecule has 1 aliphatic rings. The van der Waals surface area contributed by atoms with E-state index in [4.69, 9.17) is 14.2 Å². The highest BCUT2D eigenvalue weighted by Crippen LogP contribution is 2.50. The zero-order valence-corrected chi connectivity index (χ0v) is 19.2. The summed E-state index contributed by atoms with van der Waals surface area (Å²) in [7, 11) is 2.54. The molecule has 174 valence electrons. The third-order valence-corrected chi connectivity index (χ3v) is 5.42. The fraction of sp³-hybridized carbons (Fsp3) is 0.0690. The van der Waals surface area contributed by atoms with E-state index in [1.54, 1.807) is 54.6 Å². The molecule has 0 saturated carbocycles. The maximum absolute atomic E-state index is 13.1. The number of hydrogen-bond donors (Lipinski definition) is 0. The van der Waals surface area contributed by atoms with Gasteiger partial charge in [-0.3, -0.25) is 0 Å². The van der Waals surface area contributed by atoms with Gasteiger partial charge in [0.1, 0.15) is 5.76 Å². The first-order valence-electron chi connectivity index (χ1n) is 10.8. The lowest BCUT2D eigenvalue weighted by atomic mass is 9.72. The van der Waals surface area contributed by atoms with Gasteiger partial charge in [0, 0.05) is 28.4 Å². The Hall–Kier alpha value is -4.71. The monoisotopic (exact) mass is 466 g/mol. The highest BCUT2D eigenvalue weighted by atomic mass is 16.5. The predicted molar refractivity (Wildman–Crippen MR) is 131 cm³/mol. The average Bonchev–Trinajstić information content (AvgIpc) is 2.91. The molecule has 1 aliphatic carbocycles. The lowest BCUT2D eigenvalue weighted by Crippen LogP contribution is -2.24. The standard InChI is InChI=1S/C29H22O6/c1-33-23(30)18-22-24(19-12-6-3-7-13-19)26(29(32)34-2)25(22)27(20-14-8-4-9-15-20)35-28(31)21-16-10-5-11-17-21/h3-18H,1-2H3/b22-18+,27-25+. The second kappa shape index (κ2) is 10.5. The average molecular weight is 466 g/mol. The fourth-order valence-electron chi connectivity index (χ4n) is 3.79. The molecule has 6 nitrogen and oxygen atoms in total. The van der Waals surface area contributed by atoms with Crippen molar-refractivity contribution in [2.75, 3.05) is 14.2 Å². The molecular formula is C29H22O6. The lowest BCUT2D eigenvalue weighted by molar-refractivity contribution is -0.136. The van der Waals surface area contributed by atoms with Crippen molar-refractivity contribution in [2.24, 2.45) is 0 Å². The summed E-state index contributed by atoms with van der Waals surface area (Å²) in [6.45, 7) is 0. The summed E-state index contributed by atoms with van der Waals surface area (Å²) in [4.78, 5) is 38.4. The number of ether oxygens (including phenoxy) is 3. The molecule has 0 fully saturated rings. The maximum Gasteiger partial charge on any atom is 0.343 e. The van der Waals surface area contributed by atoms with Crippen LogP contribution in [0.1, 0.15) is 21.5 Å². The van der Waals surface area contributed by atoms with Crippen LogP contribution in [0.4, 0.5) is 0 Å². The van der Waals surface area contributed by atoms with E-state index in [2.05, 4.69) is 0 Å². The van der Waals surface area contributed by atoms with Crippen LogP contribution in [0.15, 0.2) is 114 Å². The minimum Gasteiger partial charge on any atom is -0.466 e. The van der Waals surface area contributed by atoms with Crippen LogP contribution in [-0.4, -0.2) is 32.1 Å². The number of esters is 3. The van der Waals surface area contributed by atoms with Crippen molar-refractivity contribution in [1.82, 2.24) is 0 Å². The second-order valence-corrected chi connectivity index (χ2v) is 7.51. The topological polar surface area (TPSA) is 78.9 Å². The quantitative estimate of drug-likeness (QED) is 0.220. The predicted octanol–water partition coefficient (Wildman–Crippen LogP) is 4.99. The molecule has 0 atom stereocenters. The van der Waals surface area contributed by atoms with Crippen LogP contribution < -0.4 is 0 Å². The molecule has 0 heterocycles. The smallest absolute Gasteiger partial charge is 0.343 e. The summed E-state index contributed by atoms with van der Waals surface area (Å²) < 4.78 is 15.8. The largest absolute Gasteiger partial charge is 0.466 e. The lowest BCUT2D eigenvalue weighted by Gasteiger charge is -2.31. The molecule has 3 aromatic carbocycles. The molecule has 0 bridgehead atoms. The number of carbonyl (C=O) groups excluding carboxylic acids is 3. The van der Waals surface area contributed by atoms with Crippen LogP contribution in [0.3, 0.4) is 0 Å². The van der Waals surface area contributed by atoms with Gasteiger partial charge in [-0.1, -0.05) is 78.9 Å². The molecule has 0 aromatic heterocycles. The van der Waals surface area contributed by atoms with Crippen molar-refractivity contribution >= 4 is 29.2 Å². The molecule has 4 rings (SSSR count). The van der Waals surface area contributed by atoms with Gasteiger partial charge in [0.15, 0.2) is 0 Å². The van der Waals surface area contributed by atoms with E-state index < -0.39 is 17.9 Å². The van der Waals surface area contributed by atoms with Crippen molar-refractivity contribution in [1.29, 1.82) is 0 Å². The number of allylic oxidation sites excluding steroid dienone is 2. The summed E-state index contributed by atoms with van der Waals surface area (Å²) in [5.74, 6) is -1.71. The van der Waals surface area contributed by atoms with Crippen molar-refractivity contribution in [3.8, 4) is 0 Å². The van der Waals surface area contributed by atoms with Gasteiger partial charge in [-0.2, -0.15) is 0 Å². The molecule has 0 unspecified atom stereocenters. The van der Waals surface area contributed by atoms with Gasteiger partial charge in [0.05, 0.1) is 25.4 Å². The van der Waals surface area contributed by atoms with Gasteiger partial charge >= 0.3 is 17.9 Å². The Balaban J connectivity index is 2.00. The first-order chi connectivity index (χ1) is 17.0. The van der Waals surface area contributed by atoms with Crippen LogP contribution in [0.2, 0.25) is 0 Å². The van der Waals surface area contributed by atoms with Crippen LogP contribution in [0, 0.1) is 0 Å². The Morgan fingerprint density at radius 2 is 1.20 bits per heavy atom. The van der Waals surface area contributed by atoms with E-state index in [9.17, 15) is 14.4 Å². The molecular weight excluding hydrogens is 444 g/mol. The summed E-state index contributed by atoms with van der Waals surface area (Å²) in [6.07, 6.45) is 1.28. The third kappa shape index (κ3) is 4.82. The van der Waals surface area contributed by atoms with E-state index in [-0.39, 0.29) is 16.9 Å². The Morgan fingerprint density at radius 1 is 0.657 bits per heavy atom. The molecule has 0 amide bonds. The molecule has 0 N–H and O–H groups in total. The van der Waals surface area contributed by atoms with E-state index in [1.165, 1.54) is 20.3 Å². The third-order valence-electron chi connectivity index (χ3n) is 5.42. The van der Waals surface area contributed by atoms with Gasteiger partial charge in [-0.15, -0.1) is 0 Å². The van der Waals surface area contributed by atoms with E-state index in [0.29, 0.717) is 27.8 Å². The van der Waals surface area contributed by atoms with Gasteiger partial charge in [-0.25, -0.2) is 14.4 Å². The summed E-state index contributed by atoms with van der Waals surface area (Å²) >= 11 is 0. The number of carbonyl (C=O) groups is 3. The van der Waals surface area contributed by atoms with Crippen molar-refractivity contribution in [3.05, 3.63) is 130 Å². The first-order valence-corrected chi connectivity index (χ1v) is 10.8. The Kier molecular flexibility index (Phi) is 7.02. The minimum atomic E-state index is -0.620. The van der Waals surface area contributed by atoms with Crippen LogP contribution in [-0.2, 0) is 23.8 Å². The molecule has 0 radical (unpaired) electrons. The number of methoxy groups -OCH3 is 2. The molecule has 6 heteroatoms. The van der Waals surface area contributed by atoms with Gasteiger partial charge < -0.3 is 14.2 Å². The van der Waals surface area contributed by atoms with E-state index in [1.807, 2.05) is 36.4 Å². The summed E-state index contributed by atoms with van der Waals surface area (Å²) in [6, 6.07) is 26.5. The molecule has 0 saturated heterocycles. The fourth-order valence-corrected chi connectivity index (χ4v) is 3.79. The molecule has 0 aliphatic heterocycles. The maximum atomic E-state index is 13.1. The highest BCUT2D eigenvalue weighted by molar-refractivity contribution is 6.20. The molecule has 0 spiro atoms. The van der Waals surface area contributed by atoms with Gasteiger partial charge in [0.25, 0.3) is 0 Å². The van der Waals surface area contributed by atoms with Gasteiger partial charge in [0.2, 0.25) is 0 Å². The van der Waals surface area contributed by atoms with E-state index in [0.717, 1.165) is 0 Å². The number of rotatable bonds is 6. The second-order valence-electron chi connectivity index (χ2n) is 7.51. The number of benzene rings is 3. The summed E-state index contributed by atoms with van der Waals surface area (Å²) in [5.41, 5.74) is 2.99. The Labute approximate surface area is 202 Å². The normalized spacial score (nSPS) is 15.2.